The fraction of sp³-hybridized carbons (Fsp3) is 0.129. The lowest BCUT2D eigenvalue weighted by atomic mass is 9.71. The van der Waals surface area contributed by atoms with E-state index in [1.165, 1.54) is 49.0 Å². The van der Waals surface area contributed by atoms with Gasteiger partial charge < -0.3 is 0 Å². The van der Waals surface area contributed by atoms with E-state index in [1.807, 2.05) is 30.3 Å². The van der Waals surface area contributed by atoms with E-state index in [1.54, 1.807) is 0 Å². The first-order valence-corrected chi connectivity index (χ1v) is 11.5. The number of fused-ring (bicyclic) bond motifs is 4. The van der Waals surface area contributed by atoms with Crippen LogP contribution in [-0.2, 0) is 6.42 Å². The van der Waals surface area contributed by atoms with Crippen molar-refractivity contribution >= 4 is 43.7 Å². The summed E-state index contributed by atoms with van der Waals surface area (Å²) in [5, 5.41) is 8.15. The van der Waals surface area contributed by atoms with Crippen LogP contribution >= 0.6 is 0 Å². The summed E-state index contributed by atoms with van der Waals surface area (Å²) in [5.74, 6) is 0.589. The van der Waals surface area contributed by atoms with Gasteiger partial charge in [0.2, 0.25) is 0 Å². The Morgan fingerprint density at radius 1 is 0.750 bits per heavy atom. The van der Waals surface area contributed by atoms with E-state index in [-0.39, 0.29) is 5.78 Å². The van der Waals surface area contributed by atoms with Gasteiger partial charge in [0.15, 0.2) is 5.78 Å². The Labute approximate surface area is 187 Å². The Kier molecular flexibility index (Phi) is 3.72. The second kappa shape index (κ2) is 6.64. The van der Waals surface area contributed by atoms with Crippen LogP contribution in [0.25, 0.3) is 37.9 Å². The quantitative estimate of drug-likeness (QED) is 0.215. The Balaban J connectivity index is 1.41. The van der Waals surface area contributed by atoms with Crippen LogP contribution in [0, 0.1) is 5.92 Å². The lowest BCUT2D eigenvalue weighted by Gasteiger charge is -2.32. The first-order chi connectivity index (χ1) is 15.8. The number of allylic oxidation sites excluding steroid dienone is 4. The van der Waals surface area contributed by atoms with E-state index in [4.69, 9.17) is 0 Å². The fourth-order valence-corrected chi connectivity index (χ4v) is 5.99. The lowest BCUT2D eigenvalue weighted by molar-refractivity contribution is 0.102. The smallest absolute Gasteiger partial charge is 0.189 e. The van der Waals surface area contributed by atoms with Crippen molar-refractivity contribution in [2.24, 2.45) is 5.92 Å². The molecule has 0 unspecified atom stereocenters. The summed E-state index contributed by atoms with van der Waals surface area (Å²) in [4.78, 5) is 13.0. The van der Waals surface area contributed by atoms with E-state index in [2.05, 4.69) is 60.7 Å². The van der Waals surface area contributed by atoms with Gasteiger partial charge in [-0.1, -0.05) is 84.9 Å². The van der Waals surface area contributed by atoms with Crippen molar-refractivity contribution in [2.45, 2.75) is 19.3 Å². The molecule has 1 nitrogen and oxygen atoms in total. The Morgan fingerprint density at radius 3 is 2.38 bits per heavy atom. The minimum absolute atomic E-state index is 0.169. The molecule has 0 N–H and O–H groups in total. The van der Waals surface area contributed by atoms with Crippen LogP contribution in [0.4, 0.5) is 0 Å². The second-order valence-corrected chi connectivity index (χ2v) is 9.21. The highest BCUT2D eigenvalue weighted by molar-refractivity contribution is 6.24. The molecule has 5 aromatic carbocycles. The molecule has 0 radical (unpaired) electrons. The number of benzene rings is 5. The van der Waals surface area contributed by atoms with E-state index in [0.717, 1.165) is 30.4 Å². The van der Waals surface area contributed by atoms with Crippen LogP contribution in [0.15, 0.2) is 96.6 Å². The summed E-state index contributed by atoms with van der Waals surface area (Å²) in [6, 6.07) is 27.8. The van der Waals surface area contributed by atoms with Gasteiger partial charge in [-0.3, -0.25) is 4.79 Å². The summed E-state index contributed by atoms with van der Waals surface area (Å²) in [5.41, 5.74) is 5.99. The molecule has 2 aliphatic rings. The molecule has 0 spiro atoms. The number of aryl methyl sites for hydroxylation is 1. The number of hydrogen-bond acceptors (Lipinski definition) is 1. The van der Waals surface area contributed by atoms with Crippen LogP contribution in [0.5, 0.6) is 0 Å². The zero-order chi connectivity index (χ0) is 21.2. The molecular weight excluding hydrogens is 388 g/mol. The molecule has 152 valence electrons. The molecule has 0 bridgehead atoms. The molecular formula is C31H22O. The third-order valence-corrected chi connectivity index (χ3v) is 7.51. The maximum absolute atomic E-state index is 13.0. The summed E-state index contributed by atoms with van der Waals surface area (Å²) in [6.07, 6.45) is 7.30. The average Bonchev–Trinajstić information content (AvgIpc) is 2.86. The highest BCUT2D eigenvalue weighted by atomic mass is 16.1. The molecule has 0 aliphatic heterocycles. The lowest BCUT2D eigenvalue weighted by Crippen LogP contribution is -2.19. The van der Waals surface area contributed by atoms with Crippen molar-refractivity contribution in [3.8, 4) is 0 Å². The van der Waals surface area contributed by atoms with E-state index < -0.39 is 0 Å². The van der Waals surface area contributed by atoms with Gasteiger partial charge in [0, 0.05) is 11.1 Å². The summed E-state index contributed by atoms with van der Waals surface area (Å²) >= 11 is 0. The number of carbonyl (C=O) groups excluding carboxylic acids is 1. The normalized spacial score (nSPS) is 17.8. The Morgan fingerprint density at radius 2 is 1.53 bits per heavy atom. The van der Waals surface area contributed by atoms with Gasteiger partial charge in [-0.25, -0.2) is 0 Å². The van der Waals surface area contributed by atoms with Gasteiger partial charge >= 0.3 is 0 Å². The standard InChI is InChI=1S/C31H22O/c32-31(21-5-2-1-3-6-21)24-13-14-25-22(17-24)12-15-26-27-16-11-20-8-4-7-19-9-10-23(18-28(25)26)30(27)29(19)20/h1-11,13-14,16,18,22H,12,15,17H2/t22-/m0/s1. The van der Waals surface area contributed by atoms with Crippen molar-refractivity contribution in [2.75, 3.05) is 0 Å². The molecule has 0 amide bonds. The van der Waals surface area contributed by atoms with E-state index >= 15 is 0 Å². The second-order valence-electron chi connectivity index (χ2n) is 9.21. The van der Waals surface area contributed by atoms with Gasteiger partial charge in [-0.05, 0) is 80.3 Å². The molecule has 32 heavy (non-hydrogen) atoms. The van der Waals surface area contributed by atoms with Gasteiger partial charge in [-0.15, -0.1) is 0 Å². The highest BCUT2D eigenvalue weighted by Gasteiger charge is 2.30. The van der Waals surface area contributed by atoms with Crippen molar-refractivity contribution < 1.29 is 4.79 Å². The molecule has 1 atom stereocenters. The minimum atomic E-state index is 0.169. The minimum Gasteiger partial charge on any atom is -0.289 e. The molecule has 0 aromatic heterocycles. The molecule has 0 saturated carbocycles. The molecule has 5 aromatic rings. The monoisotopic (exact) mass is 410 g/mol. The molecule has 0 fully saturated rings. The van der Waals surface area contributed by atoms with Gasteiger partial charge in [-0.2, -0.15) is 0 Å². The van der Waals surface area contributed by atoms with Crippen LogP contribution in [0.3, 0.4) is 0 Å². The molecule has 7 rings (SSSR count). The number of hydrogen-bond donors (Lipinski definition) is 0. The van der Waals surface area contributed by atoms with Crippen LogP contribution in [0.2, 0.25) is 0 Å². The van der Waals surface area contributed by atoms with Gasteiger partial charge in [0.25, 0.3) is 0 Å². The zero-order valence-corrected chi connectivity index (χ0v) is 17.8. The third-order valence-electron chi connectivity index (χ3n) is 7.51. The highest BCUT2D eigenvalue weighted by Crippen LogP contribution is 2.46. The van der Waals surface area contributed by atoms with E-state index in [0.29, 0.717) is 5.92 Å². The molecule has 1 heteroatoms. The summed E-state index contributed by atoms with van der Waals surface area (Å²) in [7, 11) is 0. The topological polar surface area (TPSA) is 17.1 Å². The molecule has 0 saturated heterocycles. The summed E-state index contributed by atoms with van der Waals surface area (Å²) in [6.45, 7) is 0. The largest absolute Gasteiger partial charge is 0.289 e. The summed E-state index contributed by atoms with van der Waals surface area (Å²) < 4.78 is 0. The first kappa shape index (κ1) is 17.9. The predicted molar refractivity (Wildman–Crippen MR) is 133 cm³/mol. The zero-order valence-electron chi connectivity index (χ0n) is 17.8. The van der Waals surface area contributed by atoms with Crippen molar-refractivity contribution in [1.29, 1.82) is 0 Å². The van der Waals surface area contributed by atoms with Crippen LogP contribution in [0.1, 0.15) is 34.3 Å². The fourth-order valence-electron chi connectivity index (χ4n) is 5.99. The Hall–Kier alpha value is -3.71. The Bertz CT molecular complexity index is 1580. The molecule has 0 heterocycles. The van der Waals surface area contributed by atoms with Crippen molar-refractivity contribution in [3.05, 3.63) is 113 Å². The van der Waals surface area contributed by atoms with Gasteiger partial charge in [0.05, 0.1) is 0 Å². The molecule has 2 aliphatic carbocycles. The number of rotatable bonds is 2. The predicted octanol–water partition coefficient (Wildman–Crippen LogP) is 7.74. The van der Waals surface area contributed by atoms with E-state index in [9.17, 15) is 4.79 Å². The number of Topliss-reactive ketones (excluding diaryl/α,β-unsaturated/α-hetero) is 1. The first-order valence-electron chi connectivity index (χ1n) is 11.5. The van der Waals surface area contributed by atoms with Gasteiger partial charge in [0.1, 0.15) is 0 Å². The van der Waals surface area contributed by atoms with Crippen LogP contribution < -0.4 is 0 Å². The van der Waals surface area contributed by atoms with Crippen molar-refractivity contribution in [1.82, 2.24) is 0 Å². The SMILES string of the molecule is O=C(C1=CC=C2c3cc4ccc5cccc6ccc(c3CC[C@H]2C1)c4c56)c1ccccc1. The average molecular weight is 411 g/mol. The number of ketones is 1. The maximum atomic E-state index is 13.0. The van der Waals surface area contributed by atoms with Crippen LogP contribution in [-0.4, -0.2) is 5.78 Å². The third kappa shape index (κ3) is 2.48. The van der Waals surface area contributed by atoms with Crippen molar-refractivity contribution in [3.63, 3.8) is 0 Å². The maximum Gasteiger partial charge on any atom is 0.189 e. The number of carbonyl (C=O) groups is 1.